The summed E-state index contributed by atoms with van der Waals surface area (Å²) < 4.78 is 5.60. The minimum absolute atomic E-state index is 0.286. The van der Waals surface area contributed by atoms with Gasteiger partial charge in [0.15, 0.2) is 12.4 Å². The van der Waals surface area contributed by atoms with E-state index in [1.165, 1.54) is 0 Å². The van der Waals surface area contributed by atoms with Gasteiger partial charge in [-0.2, -0.15) is 4.80 Å². The van der Waals surface area contributed by atoms with E-state index >= 15 is 0 Å². The molecule has 0 aliphatic rings. The highest BCUT2D eigenvalue weighted by Gasteiger charge is 2.06. The molecule has 0 spiro atoms. The van der Waals surface area contributed by atoms with E-state index in [0.29, 0.717) is 18.9 Å². The zero-order valence-electron chi connectivity index (χ0n) is 10.5. The van der Waals surface area contributed by atoms with Gasteiger partial charge in [0.1, 0.15) is 5.75 Å². The fourth-order valence-corrected chi connectivity index (χ4v) is 1.54. The smallest absolute Gasteiger partial charge is 0.327 e. The monoisotopic (exact) mass is 262 g/mol. The summed E-state index contributed by atoms with van der Waals surface area (Å²) in [5.41, 5.74) is 1.06. The molecule has 100 valence electrons. The molecule has 0 saturated heterocycles. The molecule has 1 aromatic heterocycles. The fraction of sp³-hybridized carbons (Fsp3) is 0.333. The van der Waals surface area contributed by atoms with Gasteiger partial charge in [0.05, 0.1) is 6.61 Å². The molecule has 1 heterocycles. The Hall–Kier alpha value is -2.44. The van der Waals surface area contributed by atoms with Gasteiger partial charge in [0.2, 0.25) is 0 Å². The second-order valence-corrected chi connectivity index (χ2v) is 3.99. The lowest BCUT2D eigenvalue weighted by Crippen LogP contribution is -2.12. The zero-order chi connectivity index (χ0) is 13.7. The van der Waals surface area contributed by atoms with Crippen molar-refractivity contribution < 1.29 is 14.6 Å². The number of tetrazole rings is 1. The third kappa shape index (κ3) is 3.77. The molecule has 0 unspecified atom stereocenters. The van der Waals surface area contributed by atoms with E-state index in [2.05, 4.69) is 15.4 Å². The third-order valence-electron chi connectivity index (χ3n) is 2.45. The van der Waals surface area contributed by atoms with Crippen molar-refractivity contribution in [2.45, 2.75) is 19.9 Å². The van der Waals surface area contributed by atoms with Gasteiger partial charge in [-0.15, -0.1) is 10.2 Å². The molecule has 1 aromatic carbocycles. The predicted octanol–water partition coefficient (Wildman–Crippen LogP) is 0.688. The fourth-order valence-electron chi connectivity index (χ4n) is 1.54. The lowest BCUT2D eigenvalue weighted by atomic mass is 10.2. The van der Waals surface area contributed by atoms with Crippen LogP contribution in [-0.4, -0.2) is 37.9 Å². The van der Waals surface area contributed by atoms with Crippen LogP contribution in [0, 0.1) is 6.92 Å². The number of aromatic nitrogens is 4. The van der Waals surface area contributed by atoms with Crippen molar-refractivity contribution in [1.29, 1.82) is 0 Å². The van der Waals surface area contributed by atoms with E-state index in [0.717, 1.165) is 16.1 Å². The Morgan fingerprint density at radius 1 is 1.42 bits per heavy atom. The Morgan fingerprint density at radius 3 is 2.95 bits per heavy atom. The molecule has 0 fully saturated rings. The van der Waals surface area contributed by atoms with Crippen LogP contribution in [0.25, 0.3) is 0 Å². The molecule has 19 heavy (non-hydrogen) atoms. The molecule has 0 atom stereocenters. The van der Waals surface area contributed by atoms with E-state index in [4.69, 9.17) is 9.84 Å². The molecule has 7 heteroatoms. The standard InChI is InChI=1S/C12H14N4O3/c1-9-4-2-3-5-10(9)19-7-6-11-13-15-16(14-11)8-12(17)18/h2-5H,6-8H2,1H3,(H,17,18). The first-order chi connectivity index (χ1) is 9.15. The Morgan fingerprint density at radius 2 is 2.21 bits per heavy atom. The maximum absolute atomic E-state index is 10.5. The minimum Gasteiger partial charge on any atom is -0.493 e. The number of carbonyl (C=O) groups is 1. The number of rotatable bonds is 6. The minimum atomic E-state index is -1.000. The van der Waals surface area contributed by atoms with E-state index in [1.807, 2.05) is 31.2 Å². The largest absolute Gasteiger partial charge is 0.493 e. The van der Waals surface area contributed by atoms with Gasteiger partial charge in [-0.1, -0.05) is 18.2 Å². The molecule has 0 aliphatic carbocycles. The highest BCUT2D eigenvalue weighted by atomic mass is 16.5. The molecule has 2 aromatic rings. The summed E-state index contributed by atoms with van der Waals surface area (Å²) in [5.74, 6) is 0.287. The summed E-state index contributed by atoms with van der Waals surface area (Å²) in [6, 6.07) is 7.71. The van der Waals surface area contributed by atoms with Crippen LogP contribution in [0.2, 0.25) is 0 Å². The van der Waals surface area contributed by atoms with Crippen LogP contribution < -0.4 is 4.74 Å². The summed E-state index contributed by atoms with van der Waals surface area (Å²) in [6.45, 7) is 2.10. The number of carboxylic acid groups (broad SMARTS) is 1. The summed E-state index contributed by atoms with van der Waals surface area (Å²) >= 11 is 0. The lowest BCUT2D eigenvalue weighted by Gasteiger charge is -2.06. The summed E-state index contributed by atoms with van der Waals surface area (Å²) in [5, 5.41) is 19.9. The van der Waals surface area contributed by atoms with Crippen LogP contribution in [0.5, 0.6) is 5.75 Å². The molecule has 0 radical (unpaired) electrons. The molecular formula is C12H14N4O3. The molecule has 0 saturated carbocycles. The van der Waals surface area contributed by atoms with E-state index in [-0.39, 0.29) is 6.54 Å². The zero-order valence-corrected chi connectivity index (χ0v) is 10.5. The van der Waals surface area contributed by atoms with Crippen LogP contribution in [-0.2, 0) is 17.8 Å². The first-order valence-electron chi connectivity index (χ1n) is 5.82. The Bertz CT molecular complexity index is 568. The Kier molecular flexibility index (Phi) is 4.07. The van der Waals surface area contributed by atoms with Crippen molar-refractivity contribution in [3.63, 3.8) is 0 Å². The number of nitrogens with zero attached hydrogens (tertiary/aromatic N) is 4. The first-order valence-corrected chi connectivity index (χ1v) is 5.82. The number of ether oxygens (including phenoxy) is 1. The normalized spacial score (nSPS) is 10.4. The number of hydrogen-bond donors (Lipinski definition) is 1. The van der Waals surface area contributed by atoms with Crippen molar-refractivity contribution in [2.75, 3.05) is 6.61 Å². The third-order valence-corrected chi connectivity index (χ3v) is 2.45. The van der Waals surface area contributed by atoms with Gasteiger partial charge in [0.25, 0.3) is 0 Å². The second kappa shape index (κ2) is 5.94. The lowest BCUT2D eigenvalue weighted by molar-refractivity contribution is -0.138. The molecule has 7 nitrogen and oxygen atoms in total. The van der Waals surface area contributed by atoms with Crippen molar-refractivity contribution in [2.24, 2.45) is 0 Å². The molecule has 0 aliphatic heterocycles. The summed E-state index contributed by atoms with van der Waals surface area (Å²) in [7, 11) is 0. The van der Waals surface area contributed by atoms with E-state index < -0.39 is 5.97 Å². The summed E-state index contributed by atoms with van der Waals surface area (Å²) in [6.07, 6.45) is 0.480. The summed E-state index contributed by atoms with van der Waals surface area (Å²) in [4.78, 5) is 11.5. The molecular weight excluding hydrogens is 248 g/mol. The average Bonchev–Trinajstić information content (AvgIpc) is 2.78. The van der Waals surface area contributed by atoms with Crippen LogP contribution >= 0.6 is 0 Å². The van der Waals surface area contributed by atoms with E-state index in [1.54, 1.807) is 0 Å². The molecule has 2 rings (SSSR count). The van der Waals surface area contributed by atoms with Gasteiger partial charge < -0.3 is 9.84 Å². The highest BCUT2D eigenvalue weighted by Crippen LogP contribution is 2.15. The Labute approximate surface area is 109 Å². The second-order valence-electron chi connectivity index (χ2n) is 3.99. The van der Waals surface area contributed by atoms with Gasteiger partial charge in [0, 0.05) is 6.42 Å². The van der Waals surface area contributed by atoms with Gasteiger partial charge in [-0.25, -0.2) is 0 Å². The predicted molar refractivity (Wildman–Crippen MR) is 65.8 cm³/mol. The van der Waals surface area contributed by atoms with Gasteiger partial charge in [-0.05, 0) is 23.8 Å². The van der Waals surface area contributed by atoms with Crippen molar-refractivity contribution in [3.8, 4) is 5.75 Å². The highest BCUT2D eigenvalue weighted by molar-refractivity contribution is 5.66. The van der Waals surface area contributed by atoms with Crippen LogP contribution in [0.4, 0.5) is 0 Å². The van der Waals surface area contributed by atoms with Crippen molar-refractivity contribution in [1.82, 2.24) is 20.2 Å². The molecule has 0 bridgehead atoms. The number of carboxylic acids is 1. The maximum atomic E-state index is 10.5. The number of hydrogen-bond acceptors (Lipinski definition) is 5. The average molecular weight is 262 g/mol. The van der Waals surface area contributed by atoms with Crippen LogP contribution in [0.3, 0.4) is 0 Å². The van der Waals surface area contributed by atoms with Gasteiger partial charge >= 0.3 is 5.97 Å². The number of benzene rings is 1. The van der Waals surface area contributed by atoms with Crippen LogP contribution in [0.15, 0.2) is 24.3 Å². The quantitative estimate of drug-likeness (QED) is 0.823. The topological polar surface area (TPSA) is 90.1 Å². The number of aliphatic carboxylic acids is 1. The number of aryl methyl sites for hydroxylation is 1. The maximum Gasteiger partial charge on any atom is 0.327 e. The first kappa shape index (κ1) is 13.0. The van der Waals surface area contributed by atoms with Crippen molar-refractivity contribution >= 4 is 5.97 Å². The van der Waals surface area contributed by atoms with E-state index in [9.17, 15) is 4.79 Å². The Balaban J connectivity index is 1.84. The molecule has 0 amide bonds. The van der Waals surface area contributed by atoms with Crippen molar-refractivity contribution in [3.05, 3.63) is 35.7 Å². The van der Waals surface area contributed by atoms with Gasteiger partial charge in [-0.3, -0.25) is 4.79 Å². The SMILES string of the molecule is Cc1ccccc1OCCc1nnn(CC(=O)O)n1. The van der Waals surface area contributed by atoms with Crippen LogP contribution in [0.1, 0.15) is 11.4 Å². The molecule has 1 N–H and O–H groups in total. The number of para-hydroxylation sites is 1.